The molecule has 0 saturated heterocycles. The number of aromatic nitrogens is 2. The van der Waals surface area contributed by atoms with Gasteiger partial charge in [-0.05, 0) is 64.1 Å². The molecule has 0 aliphatic carbocycles. The first kappa shape index (κ1) is 23.6. The van der Waals surface area contributed by atoms with Gasteiger partial charge >= 0.3 is 0 Å². The van der Waals surface area contributed by atoms with Gasteiger partial charge in [0.25, 0.3) is 0 Å². The van der Waals surface area contributed by atoms with Crippen molar-refractivity contribution in [3.8, 4) is 22.5 Å². The molecule has 7 rings (SSSR count). The van der Waals surface area contributed by atoms with Gasteiger partial charge in [-0.15, -0.1) is 47.5 Å². The molecule has 5 heteroatoms. The zero-order valence-corrected chi connectivity index (χ0v) is 27.9. The summed E-state index contributed by atoms with van der Waals surface area (Å²) in [4.78, 5) is 8.78. The van der Waals surface area contributed by atoms with Gasteiger partial charge in [0.1, 0.15) is 11.2 Å². The topological polar surface area (TPSA) is 52.1 Å². The van der Waals surface area contributed by atoms with Crippen molar-refractivity contribution in [3.63, 3.8) is 0 Å². The Labute approximate surface area is 283 Å². The maximum absolute atomic E-state index is 8.56. The molecule has 4 aromatic heterocycles. The van der Waals surface area contributed by atoms with E-state index in [4.69, 9.17) is 18.4 Å². The molecule has 3 aromatic carbocycles. The van der Waals surface area contributed by atoms with Crippen molar-refractivity contribution in [1.82, 2.24) is 9.97 Å². The molecule has 227 valence electrons. The Morgan fingerprint density at radius 1 is 0.750 bits per heavy atom. The van der Waals surface area contributed by atoms with Crippen molar-refractivity contribution < 1.29 is 38.5 Å². The number of benzene rings is 3. The fourth-order valence-electron chi connectivity index (χ4n) is 5.00. The van der Waals surface area contributed by atoms with Crippen molar-refractivity contribution in [3.05, 3.63) is 108 Å². The molecule has 4 nitrogen and oxygen atoms in total. The van der Waals surface area contributed by atoms with Crippen LogP contribution >= 0.6 is 0 Å². The zero-order valence-electron chi connectivity index (χ0n) is 32.5. The Kier molecular flexibility index (Phi) is 6.59. The first-order chi connectivity index (χ1) is 23.2. The van der Waals surface area contributed by atoms with E-state index in [1.54, 1.807) is 48.7 Å². The summed E-state index contributed by atoms with van der Waals surface area (Å²) in [6.45, 7) is 9.09. The molecule has 1 radical (unpaired) electrons. The number of nitrogens with zero attached hydrogens (tertiary/aromatic N) is 2. The quantitative estimate of drug-likeness (QED) is 0.168. The van der Waals surface area contributed by atoms with Crippen LogP contribution in [-0.4, -0.2) is 9.97 Å². The standard InChI is InChI=1S/C22H18NO2.C17H20N.Ir/c1-22(2,3)12-13-9-10-23-15(11-13)14-7-8-18-20-19-16(24-18)5-4-6-17(19)25-21(14)20;1-13-5-8-15(9-6-13)16-10-7-14(12-18-16)11-17(2,3)4;/h4-6,8-11H,12H2,1-3H3;5-8,10,12H,11H2,1-4H3;/q2*-1;/i12D2;1D3,11D2;. The molecule has 0 fully saturated rings. The molecule has 7 aromatic rings. The monoisotopic (exact) mass is 766 g/mol. The molecule has 0 spiro atoms. The Balaban J connectivity index is 0.000000197. The van der Waals surface area contributed by atoms with Crippen LogP contribution in [0.2, 0.25) is 0 Å². The van der Waals surface area contributed by atoms with E-state index in [-0.39, 0.29) is 25.7 Å². The average molecular weight is 766 g/mol. The van der Waals surface area contributed by atoms with Crippen molar-refractivity contribution in [1.29, 1.82) is 0 Å². The predicted octanol–water partition coefficient (Wildman–Crippen LogP) is 10.7. The first-order valence-electron chi connectivity index (χ1n) is 17.7. The first-order valence-corrected chi connectivity index (χ1v) is 14.2. The summed E-state index contributed by atoms with van der Waals surface area (Å²) in [5.74, 6) is 0. The summed E-state index contributed by atoms with van der Waals surface area (Å²) in [6.07, 6.45) is 0.188. The summed E-state index contributed by atoms with van der Waals surface area (Å²) in [5, 5.41) is 1.90. The summed E-state index contributed by atoms with van der Waals surface area (Å²) in [5.41, 5.74) is 5.90. The Morgan fingerprint density at radius 3 is 2.16 bits per heavy atom. The van der Waals surface area contributed by atoms with E-state index in [9.17, 15) is 0 Å². The van der Waals surface area contributed by atoms with Gasteiger partial charge in [-0.2, -0.15) is 0 Å². The molecule has 0 unspecified atom stereocenters. The molecule has 0 N–H and O–H groups in total. The number of rotatable bonds is 4. The number of pyridine rings is 2. The maximum Gasteiger partial charge on any atom is 0.124 e. The van der Waals surface area contributed by atoms with E-state index in [1.807, 2.05) is 59.7 Å². The fraction of sp³-hybridized carbons (Fsp3) is 0.282. The summed E-state index contributed by atoms with van der Waals surface area (Å²) < 4.78 is 67.7. The van der Waals surface area contributed by atoms with E-state index in [2.05, 4.69) is 22.1 Å². The van der Waals surface area contributed by atoms with Gasteiger partial charge in [0, 0.05) is 42.1 Å². The van der Waals surface area contributed by atoms with Crippen molar-refractivity contribution in [2.24, 2.45) is 10.8 Å². The van der Waals surface area contributed by atoms with Crippen LogP contribution in [0.15, 0.2) is 88.0 Å². The minimum Gasteiger partial charge on any atom is -0.500 e. The third kappa shape index (κ3) is 6.96. The molecule has 0 bridgehead atoms. The Hall–Kier alpha value is -3.79. The van der Waals surface area contributed by atoms with Gasteiger partial charge in [-0.25, -0.2) is 0 Å². The van der Waals surface area contributed by atoms with Crippen LogP contribution in [0.3, 0.4) is 0 Å². The van der Waals surface area contributed by atoms with Crippen LogP contribution in [0, 0.1) is 29.8 Å². The third-order valence-corrected chi connectivity index (χ3v) is 6.62. The normalized spacial score (nSPS) is 15.3. The van der Waals surface area contributed by atoms with Gasteiger partial charge < -0.3 is 18.8 Å². The second-order valence-corrected chi connectivity index (χ2v) is 12.7. The van der Waals surface area contributed by atoms with Crippen LogP contribution in [-0.2, 0) is 32.9 Å². The second kappa shape index (κ2) is 12.3. The molecule has 0 aliphatic heterocycles. The van der Waals surface area contributed by atoms with Crippen molar-refractivity contribution >= 4 is 33.1 Å². The minimum absolute atomic E-state index is 0. The smallest absolute Gasteiger partial charge is 0.124 e. The zero-order chi connectivity index (χ0) is 36.4. The number of furan rings is 2. The molecule has 0 saturated carbocycles. The average Bonchev–Trinajstić information content (AvgIpc) is 3.64. The van der Waals surface area contributed by atoms with E-state index in [0.29, 0.717) is 39.2 Å². The van der Waals surface area contributed by atoms with Gasteiger partial charge in [-0.1, -0.05) is 83.8 Å². The SMILES string of the molecule is [2H]C([2H])([2H])c1c[c-]c(-c2ccc(C([2H])([2H])C(C)(C)C)cn2)cc1.[2H]C([2H])(c1ccnc(-c2[c-]cc3oc4cccc5oc2c3c45)c1)C(C)(C)C.[Ir]. The van der Waals surface area contributed by atoms with Gasteiger partial charge in [-0.3, -0.25) is 0 Å². The second-order valence-electron chi connectivity index (χ2n) is 12.7. The molecule has 4 heterocycles. The Morgan fingerprint density at radius 2 is 1.50 bits per heavy atom. The molecule has 0 amide bonds. The largest absolute Gasteiger partial charge is 0.500 e. The molecule has 0 atom stereocenters. The molecular weight excluding hydrogens is 721 g/mol. The van der Waals surface area contributed by atoms with E-state index in [0.717, 1.165) is 27.5 Å². The van der Waals surface area contributed by atoms with E-state index < -0.39 is 30.4 Å². The van der Waals surface area contributed by atoms with Gasteiger partial charge in [0.15, 0.2) is 0 Å². The van der Waals surface area contributed by atoms with Gasteiger partial charge in [0.2, 0.25) is 0 Å². The van der Waals surface area contributed by atoms with E-state index >= 15 is 0 Å². The molecule has 44 heavy (non-hydrogen) atoms. The minimum atomic E-state index is -2.14. The summed E-state index contributed by atoms with van der Waals surface area (Å²) in [7, 11) is 0. The maximum atomic E-state index is 8.56. The van der Waals surface area contributed by atoms with Crippen LogP contribution in [0.25, 0.3) is 55.6 Å². The Bertz CT molecular complexity index is 2280. The summed E-state index contributed by atoms with van der Waals surface area (Å²) in [6, 6.07) is 25.4. The van der Waals surface area contributed by atoms with Crippen LogP contribution in [0.1, 0.15) is 67.8 Å². The third-order valence-electron chi connectivity index (χ3n) is 6.62. The fourth-order valence-corrected chi connectivity index (χ4v) is 5.00. The van der Waals surface area contributed by atoms with Crippen molar-refractivity contribution in [2.75, 3.05) is 0 Å². The van der Waals surface area contributed by atoms with E-state index in [1.165, 1.54) is 12.3 Å². The van der Waals surface area contributed by atoms with Crippen LogP contribution < -0.4 is 0 Å². The van der Waals surface area contributed by atoms with Crippen molar-refractivity contribution in [2.45, 2.75) is 61.1 Å². The van der Waals surface area contributed by atoms with Gasteiger partial charge in [0.05, 0.1) is 16.6 Å². The summed E-state index contributed by atoms with van der Waals surface area (Å²) >= 11 is 0. The molecule has 0 aliphatic rings. The predicted molar refractivity (Wildman–Crippen MR) is 176 cm³/mol. The van der Waals surface area contributed by atoms with Crippen LogP contribution in [0.4, 0.5) is 0 Å². The number of hydrogen-bond acceptors (Lipinski definition) is 4. The number of aryl methyl sites for hydroxylation is 1. The van der Waals surface area contributed by atoms with Crippen LogP contribution in [0.5, 0.6) is 0 Å². The number of hydrogen-bond donors (Lipinski definition) is 0. The molecular formula is C39H38IrN2O2-2.